The van der Waals surface area contributed by atoms with E-state index in [1.54, 1.807) is 0 Å². The van der Waals surface area contributed by atoms with Crippen molar-refractivity contribution < 1.29 is 4.79 Å². The van der Waals surface area contributed by atoms with Gasteiger partial charge in [-0.2, -0.15) is 0 Å². The molecule has 3 rings (SSSR count). The van der Waals surface area contributed by atoms with Crippen molar-refractivity contribution in [1.29, 1.82) is 0 Å². The molecule has 1 aromatic carbocycles. The van der Waals surface area contributed by atoms with Crippen molar-refractivity contribution in [3.8, 4) is 0 Å². The van der Waals surface area contributed by atoms with E-state index in [1.807, 2.05) is 18.2 Å². The predicted molar refractivity (Wildman–Crippen MR) is 81.2 cm³/mol. The second kappa shape index (κ2) is 5.44. The van der Waals surface area contributed by atoms with E-state index in [1.165, 1.54) is 11.3 Å². The summed E-state index contributed by atoms with van der Waals surface area (Å²) in [6, 6.07) is 6.27. The van der Waals surface area contributed by atoms with Crippen LogP contribution in [0.4, 0.5) is 5.69 Å². The molecule has 1 fully saturated rings. The van der Waals surface area contributed by atoms with E-state index >= 15 is 0 Å². The summed E-state index contributed by atoms with van der Waals surface area (Å²) in [4.78, 5) is 14.7. The molecule has 2 atom stereocenters. The van der Waals surface area contributed by atoms with E-state index in [-0.39, 0.29) is 5.91 Å². The monoisotopic (exact) mass is 273 g/mol. The highest BCUT2D eigenvalue weighted by atomic mass is 16.1. The van der Waals surface area contributed by atoms with Gasteiger partial charge in [0.25, 0.3) is 5.91 Å². The molecule has 1 saturated heterocycles. The molecule has 4 heteroatoms. The van der Waals surface area contributed by atoms with E-state index in [2.05, 4.69) is 29.5 Å². The SMILES string of the molecule is CC1CN(C)CCC1NC(=O)c1ccc2c(c1)CCN2. The molecular weight excluding hydrogens is 250 g/mol. The largest absolute Gasteiger partial charge is 0.384 e. The first-order valence-corrected chi connectivity index (χ1v) is 7.49. The first-order chi connectivity index (χ1) is 9.63. The summed E-state index contributed by atoms with van der Waals surface area (Å²) in [5, 5.41) is 6.53. The van der Waals surface area contributed by atoms with Crippen LogP contribution in [0.3, 0.4) is 0 Å². The first kappa shape index (κ1) is 13.4. The summed E-state index contributed by atoms with van der Waals surface area (Å²) in [5.41, 5.74) is 3.22. The van der Waals surface area contributed by atoms with Gasteiger partial charge in [0, 0.05) is 30.4 Å². The number of amides is 1. The lowest BCUT2D eigenvalue weighted by Crippen LogP contribution is -2.48. The minimum Gasteiger partial charge on any atom is -0.384 e. The minimum absolute atomic E-state index is 0.0705. The Balaban J connectivity index is 1.67. The number of hydrogen-bond donors (Lipinski definition) is 2. The third kappa shape index (κ3) is 2.66. The van der Waals surface area contributed by atoms with Gasteiger partial charge in [-0.3, -0.25) is 4.79 Å². The molecule has 0 aromatic heterocycles. The Morgan fingerprint density at radius 2 is 2.30 bits per heavy atom. The van der Waals surface area contributed by atoms with Crippen LogP contribution >= 0.6 is 0 Å². The molecule has 0 spiro atoms. The van der Waals surface area contributed by atoms with Crippen molar-refractivity contribution in [3.63, 3.8) is 0 Å². The van der Waals surface area contributed by atoms with Crippen LogP contribution in [0.15, 0.2) is 18.2 Å². The maximum atomic E-state index is 12.4. The number of piperidine rings is 1. The summed E-state index contributed by atoms with van der Waals surface area (Å²) in [6.07, 6.45) is 2.05. The molecule has 0 saturated carbocycles. The highest BCUT2D eigenvalue weighted by molar-refractivity contribution is 5.95. The van der Waals surface area contributed by atoms with Crippen molar-refractivity contribution in [3.05, 3.63) is 29.3 Å². The van der Waals surface area contributed by atoms with Gasteiger partial charge in [0.05, 0.1) is 0 Å². The lowest BCUT2D eigenvalue weighted by Gasteiger charge is -2.35. The molecule has 4 nitrogen and oxygen atoms in total. The van der Waals surface area contributed by atoms with Gasteiger partial charge in [0.2, 0.25) is 0 Å². The summed E-state index contributed by atoms with van der Waals surface area (Å²) >= 11 is 0. The maximum absolute atomic E-state index is 12.4. The van der Waals surface area contributed by atoms with Crippen molar-refractivity contribution in [2.24, 2.45) is 5.92 Å². The van der Waals surface area contributed by atoms with Crippen LogP contribution in [0.25, 0.3) is 0 Å². The standard InChI is InChI=1S/C16H23N3O/c1-11-10-19(2)8-6-14(11)18-16(20)13-3-4-15-12(9-13)5-7-17-15/h3-4,9,11,14,17H,5-8,10H2,1-2H3,(H,18,20). The fourth-order valence-corrected chi connectivity index (χ4v) is 3.27. The fourth-order valence-electron chi connectivity index (χ4n) is 3.27. The number of nitrogens with one attached hydrogen (secondary N) is 2. The Labute approximate surface area is 120 Å². The molecule has 0 aliphatic carbocycles. The van der Waals surface area contributed by atoms with Crippen LogP contribution in [-0.2, 0) is 6.42 Å². The van der Waals surface area contributed by atoms with Gasteiger partial charge in [-0.1, -0.05) is 6.92 Å². The van der Waals surface area contributed by atoms with Crippen molar-refractivity contribution in [2.45, 2.75) is 25.8 Å². The zero-order valence-corrected chi connectivity index (χ0v) is 12.3. The second-order valence-corrected chi connectivity index (χ2v) is 6.16. The molecule has 1 amide bonds. The van der Waals surface area contributed by atoms with Crippen LogP contribution < -0.4 is 10.6 Å². The number of anilines is 1. The Morgan fingerprint density at radius 3 is 3.10 bits per heavy atom. The topological polar surface area (TPSA) is 44.4 Å². The molecule has 20 heavy (non-hydrogen) atoms. The van der Waals surface area contributed by atoms with Gasteiger partial charge in [0.15, 0.2) is 0 Å². The minimum atomic E-state index is 0.0705. The van der Waals surface area contributed by atoms with Gasteiger partial charge in [-0.25, -0.2) is 0 Å². The second-order valence-electron chi connectivity index (χ2n) is 6.16. The van der Waals surface area contributed by atoms with Crippen LogP contribution in [0.2, 0.25) is 0 Å². The predicted octanol–water partition coefficient (Wildman–Crippen LogP) is 1.72. The summed E-state index contributed by atoms with van der Waals surface area (Å²) in [5.74, 6) is 0.579. The van der Waals surface area contributed by atoms with Crippen molar-refractivity contribution in [1.82, 2.24) is 10.2 Å². The van der Waals surface area contributed by atoms with E-state index in [0.717, 1.165) is 38.0 Å². The quantitative estimate of drug-likeness (QED) is 0.862. The smallest absolute Gasteiger partial charge is 0.251 e. The average molecular weight is 273 g/mol. The van der Waals surface area contributed by atoms with Gasteiger partial charge < -0.3 is 15.5 Å². The molecule has 2 unspecified atom stereocenters. The highest BCUT2D eigenvalue weighted by Crippen LogP contribution is 2.23. The molecule has 0 bridgehead atoms. The number of likely N-dealkylation sites (tertiary alicyclic amines) is 1. The number of hydrogen-bond acceptors (Lipinski definition) is 3. The highest BCUT2D eigenvalue weighted by Gasteiger charge is 2.26. The van der Waals surface area contributed by atoms with E-state index in [0.29, 0.717) is 12.0 Å². The Bertz CT molecular complexity index is 514. The number of benzene rings is 1. The fraction of sp³-hybridized carbons (Fsp3) is 0.562. The van der Waals surface area contributed by atoms with Gasteiger partial charge in [0.1, 0.15) is 0 Å². The normalized spacial score (nSPS) is 25.9. The summed E-state index contributed by atoms with van der Waals surface area (Å²) in [7, 11) is 2.14. The Hall–Kier alpha value is -1.55. The number of fused-ring (bicyclic) bond motifs is 1. The molecule has 1 aromatic rings. The average Bonchev–Trinajstić information content (AvgIpc) is 2.89. The van der Waals surface area contributed by atoms with Gasteiger partial charge in [-0.15, -0.1) is 0 Å². The molecule has 2 heterocycles. The number of carbonyl (C=O) groups excluding carboxylic acids is 1. The lowest BCUT2D eigenvalue weighted by atomic mass is 9.94. The molecule has 0 radical (unpaired) electrons. The molecule has 2 aliphatic rings. The zero-order valence-electron chi connectivity index (χ0n) is 12.3. The van der Waals surface area contributed by atoms with Gasteiger partial charge >= 0.3 is 0 Å². The maximum Gasteiger partial charge on any atom is 0.251 e. The third-order valence-electron chi connectivity index (χ3n) is 4.50. The molecule has 2 aliphatic heterocycles. The molecular formula is C16H23N3O. The van der Waals surface area contributed by atoms with Crippen LogP contribution in [0.5, 0.6) is 0 Å². The van der Waals surface area contributed by atoms with E-state index in [4.69, 9.17) is 0 Å². The molecule has 2 N–H and O–H groups in total. The Kier molecular flexibility index (Phi) is 3.66. The van der Waals surface area contributed by atoms with Crippen molar-refractivity contribution in [2.75, 3.05) is 32.0 Å². The molecule has 108 valence electrons. The third-order valence-corrected chi connectivity index (χ3v) is 4.50. The Morgan fingerprint density at radius 1 is 1.45 bits per heavy atom. The zero-order chi connectivity index (χ0) is 14.1. The van der Waals surface area contributed by atoms with Crippen LogP contribution in [-0.4, -0.2) is 43.5 Å². The summed E-state index contributed by atoms with van der Waals surface area (Å²) < 4.78 is 0. The first-order valence-electron chi connectivity index (χ1n) is 7.49. The van der Waals surface area contributed by atoms with E-state index in [9.17, 15) is 4.79 Å². The number of rotatable bonds is 2. The van der Waals surface area contributed by atoms with Crippen LogP contribution in [0, 0.1) is 5.92 Å². The summed E-state index contributed by atoms with van der Waals surface area (Å²) in [6.45, 7) is 5.31. The van der Waals surface area contributed by atoms with E-state index < -0.39 is 0 Å². The lowest BCUT2D eigenvalue weighted by molar-refractivity contribution is 0.0884. The van der Waals surface area contributed by atoms with Crippen molar-refractivity contribution >= 4 is 11.6 Å². The van der Waals surface area contributed by atoms with Gasteiger partial charge in [-0.05, 0) is 56.1 Å². The van der Waals surface area contributed by atoms with Crippen LogP contribution in [0.1, 0.15) is 29.3 Å². The number of nitrogens with zero attached hydrogens (tertiary/aromatic N) is 1. The number of carbonyl (C=O) groups is 1.